The van der Waals surface area contributed by atoms with Gasteiger partial charge >= 0.3 is 5.97 Å². The molecule has 2 N–H and O–H groups in total. The fraction of sp³-hybridized carbons (Fsp3) is 0.444. The van der Waals surface area contributed by atoms with Gasteiger partial charge in [0.2, 0.25) is 5.91 Å². The summed E-state index contributed by atoms with van der Waals surface area (Å²) in [6.45, 7) is 4.04. The Bertz CT molecular complexity index is 562. The predicted molar refractivity (Wildman–Crippen MR) is 85.3 cm³/mol. The second-order valence-corrected chi connectivity index (χ2v) is 5.87. The lowest BCUT2D eigenvalue weighted by molar-refractivity contribution is -0.147. The maximum Gasteiger partial charge on any atom is 0.307 e. The highest BCUT2D eigenvalue weighted by Crippen LogP contribution is 2.27. The summed E-state index contributed by atoms with van der Waals surface area (Å²) in [5.41, 5.74) is 2.23. The minimum absolute atomic E-state index is 0.0755. The highest BCUT2D eigenvalue weighted by atomic mass is 16.4. The van der Waals surface area contributed by atoms with Gasteiger partial charge in [0.05, 0.1) is 17.9 Å². The first-order valence-electron chi connectivity index (χ1n) is 7.77. The molecule has 0 aromatic heterocycles. The maximum absolute atomic E-state index is 12.5. The maximum atomic E-state index is 12.5. The molecule has 4 heteroatoms. The number of carboxylic acid groups (broad SMARTS) is 1. The van der Waals surface area contributed by atoms with Crippen LogP contribution in [0.5, 0.6) is 0 Å². The van der Waals surface area contributed by atoms with Crippen molar-refractivity contribution in [2.24, 2.45) is 11.8 Å². The second kappa shape index (κ2) is 7.25. The molecule has 1 aliphatic rings. The van der Waals surface area contributed by atoms with Crippen LogP contribution in [-0.4, -0.2) is 17.0 Å². The van der Waals surface area contributed by atoms with Crippen molar-refractivity contribution >= 4 is 11.9 Å². The summed E-state index contributed by atoms with van der Waals surface area (Å²) in [4.78, 5) is 23.8. The fourth-order valence-corrected chi connectivity index (χ4v) is 2.88. The Morgan fingerprint density at radius 1 is 1.18 bits per heavy atom. The van der Waals surface area contributed by atoms with E-state index >= 15 is 0 Å². The van der Waals surface area contributed by atoms with Gasteiger partial charge in [-0.2, -0.15) is 0 Å². The number of benzene rings is 1. The van der Waals surface area contributed by atoms with Gasteiger partial charge in [0.1, 0.15) is 0 Å². The number of allylic oxidation sites excluding steroid dienone is 2. The van der Waals surface area contributed by atoms with E-state index in [1.807, 2.05) is 50.3 Å². The molecule has 0 unspecified atom stereocenters. The summed E-state index contributed by atoms with van der Waals surface area (Å²) in [5, 5.41) is 12.3. The Labute approximate surface area is 131 Å². The highest BCUT2D eigenvalue weighted by molar-refractivity contribution is 5.85. The van der Waals surface area contributed by atoms with E-state index in [1.54, 1.807) is 0 Å². The summed E-state index contributed by atoms with van der Waals surface area (Å²) < 4.78 is 0. The van der Waals surface area contributed by atoms with E-state index in [9.17, 15) is 14.7 Å². The van der Waals surface area contributed by atoms with Crippen LogP contribution < -0.4 is 5.32 Å². The van der Waals surface area contributed by atoms with Gasteiger partial charge in [-0.25, -0.2) is 0 Å². The van der Waals surface area contributed by atoms with Crippen LogP contribution in [0.4, 0.5) is 0 Å². The third kappa shape index (κ3) is 3.75. The Kier molecular flexibility index (Phi) is 5.36. The molecule has 1 amide bonds. The topological polar surface area (TPSA) is 66.4 Å². The zero-order valence-corrected chi connectivity index (χ0v) is 13.1. The summed E-state index contributed by atoms with van der Waals surface area (Å²) >= 11 is 0. The molecule has 0 aliphatic heterocycles. The van der Waals surface area contributed by atoms with Crippen molar-refractivity contribution < 1.29 is 14.7 Å². The molecular formula is C18H23NO3. The fourth-order valence-electron chi connectivity index (χ4n) is 2.88. The molecule has 0 fully saturated rings. The van der Waals surface area contributed by atoms with Gasteiger partial charge in [-0.05, 0) is 31.7 Å². The minimum Gasteiger partial charge on any atom is -0.481 e. The van der Waals surface area contributed by atoms with Crippen molar-refractivity contribution in [2.45, 2.75) is 39.2 Å². The highest BCUT2D eigenvalue weighted by Gasteiger charge is 2.34. The molecule has 0 saturated carbocycles. The molecule has 0 heterocycles. The molecule has 1 aromatic rings. The molecule has 1 aliphatic carbocycles. The number of aliphatic carboxylic acids is 1. The van der Waals surface area contributed by atoms with Crippen molar-refractivity contribution in [1.29, 1.82) is 0 Å². The first kappa shape index (κ1) is 16.3. The summed E-state index contributed by atoms with van der Waals surface area (Å²) in [5.74, 6) is -2.17. The molecule has 0 saturated heterocycles. The van der Waals surface area contributed by atoms with Gasteiger partial charge in [-0.3, -0.25) is 9.59 Å². The first-order valence-corrected chi connectivity index (χ1v) is 7.77. The number of carbonyl (C=O) groups is 2. The van der Waals surface area contributed by atoms with Crippen LogP contribution in [0, 0.1) is 18.8 Å². The third-order valence-electron chi connectivity index (χ3n) is 4.29. The smallest absolute Gasteiger partial charge is 0.307 e. The van der Waals surface area contributed by atoms with E-state index in [0.29, 0.717) is 12.8 Å². The van der Waals surface area contributed by atoms with E-state index in [2.05, 4.69) is 5.32 Å². The van der Waals surface area contributed by atoms with Gasteiger partial charge in [0, 0.05) is 0 Å². The van der Waals surface area contributed by atoms with Crippen molar-refractivity contribution in [3.8, 4) is 0 Å². The van der Waals surface area contributed by atoms with Crippen molar-refractivity contribution in [3.05, 3.63) is 47.5 Å². The van der Waals surface area contributed by atoms with Gasteiger partial charge in [0.25, 0.3) is 0 Å². The van der Waals surface area contributed by atoms with Crippen LogP contribution in [0.25, 0.3) is 0 Å². The van der Waals surface area contributed by atoms with Crippen LogP contribution in [0.2, 0.25) is 0 Å². The molecule has 0 bridgehead atoms. The summed E-state index contributed by atoms with van der Waals surface area (Å²) in [6, 6.07) is 7.99. The van der Waals surface area contributed by atoms with E-state index in [1.165, 1.54) is 5.56 Å². The lowest BCUT2D eigenvalue weighted by Gasteiger charge is -2.27. The zero-order valence-electron chi connectivity index (χ0n) is 13.1. The number of carbonyl (C=O) groups excluding carboxylic acids is 1. The van der Waals surface area contributed by atoms with E-state index in [0.717, 1.165) is 12.0 Å². The van der Waals surface area contributed by atoms with E-state index in [-0.39, 0.29) is 11.9 Å². The van der Waals surface area contributed by atoms with Gasteiger partial charge in [-0.1, -0.05) is 48.9 Å². The molecule has 1 aromatic carbocycles. The van der Waals surface area contributed by atoms with E-state index < -0.39 is 17.8 Å². The molecule has 3 atom stereocenters. The number of rotatable bonds is 5. The number of hydrogen-bond acceptors (Lipinski definition) is 2. The Hall–Kier alpha value is -2.10. The molecule has 118 valence electrons. The Morgan fingerprint density at radius 3 is 2.32 bits per heavy atom. The Morgan fingerprint density at radius 2 is 1.77 bits per heavy atom. The van der Waals surface area contributed by atoms with Crippen LogP contribution in [-0.2, 0) is 9.59 Å². The zero-order chi connectivity index (χ0) is 16.1. The van der Waals surface area contributed by atoms with Crippen LogP contribution >= 0.6 is 0 Å². The number of amides is 1. The molecule has 2 rings (SSSR count). The third-order valence-corrected chi connectivity index (χ3v) is 4.29. The van der Waals surface area contributed by atoms with Crippen LogP contribution in [0.1, 0.15) is 43.4 Å². The van der Waals surface area contributed by atoms with Crippen LogP contribution in [0.3, 0.4) is 0 Å². The average molecular weight is 301 g/mol. The largest absolute Gasteiger partial charge is 0.481 e. The van der Waals surface area contributed by atoms with Crippen molar-refractivity contribution in [1.82, 2.24) is 5.32 Å². The number of carboxylic acids is 1. The normalized spacial score (nSPS) is 22.1. The lowest BCUT2D eigenvalue weighted by Crippen LogP contribution is -2.40. The quantitative estimate of drug-likeness (QED) is 0.821. The number of nitrogens with one attached hydrogen (secondary N) is 1. The first-order chi connectivity index (χ1) is 10.5. The van der Waals surface area contributed by atoms with Crippen molar-refractivity contribution in [3.63, 3.8) is 0 Å². The summed E-state index contributed by atoms with van der Waals surface area (Å²) in [7, 11) is 0. The monoisotopic (exact) mass is 301 g/mol. The SMILES string of the molecule is CC[C@H](NC(=O)[C@H]1CC=CC[C@H]1C(=O)O)c1ccc(C)cc1. The van der Waals surface area contributed by atoms with Crippen LogP contribution in [0.15, 0.2) is 36.4 Å². The lowest BCUT2D eigenvalue weighted by atomic mass is 9.82. The molecular weight excluding hydrogens is 278 g/mol. The van der Waals surface area contributed by atoms with Gasteiger partial charge < -0.3 is 10.4 Å². The minimum atomic E-state index is -0.895. The van der Waals surface area contributed by atoms with E-state index in [4.69, 9.17) is 0 Å². The van der Waals surface area contributed by atoms with Gasteiger partial charge in [0.15, 0.2) is 0 Å². The average Bonchev–Trinajstić information content (AvgIpc) is 2.53. The summed E-state index contributed by atoms with van der Waals surface area (Å²) in [6.07, 6.45) is 5.44. The van der Waals surface area contributed by atoms with Crippen molar-refractivity contribution in [2.75, 3.05) is 0 Å². The Balaban J connectivity index is 2.10. The molecule has 4 nitrogen and oxygen atoms in total. The molecule has 0 spiro atoms. The number of aryl methyl sites for hydroxylation is 1. The second-order valence-electron chi connectivity index (χ2n) is 5.87. The standard InChI is InChI=1S/C18H23NO3/c1-3-16(13-10-8-12(2)9-11-13)19-17(20)14-6-4-5-7-15(14)18(21)22/h4-5,8-11,14-16H,3,6-7H2,1-2H3,(H,19,20)(H,21,22)/t14-,15+,16-/m0/s1. The predicted octanol–water partition coefficient (Wildman–Crippen LogP) is 3.23. The molecule has 22 heavy (non-hydrogen) atoms. The van der Waals surface area contributed by atoms with Gasteiger partial charge in [-0.15, -0.1) is 0 Å². The molecule has 0 radical (unpaired) electrons. The number of hydrogen-bond donors (Lipinski definition) is 2.